The number of rotatable bonds is 5. The van der Waals surface area contributed by atoms with E-state index in [0.717, 1.165) is 42.3 Å². The van der Waals surface area contributed by atoms with Crippen LogP contribution < -0.4 is 5.73 Å². The van der Waals surface area contributed by atoms with E-state index in [1.54, 1.807) is 0 Å². The molecule has 0 spiro atoms. The van der Waals surface area contributed by atoms with Crippen molar-refractivity contribution in [1.82, 2.24) is 4.90 Å². The molecule has 0 aliphatic heterocycles. The van der Waals surface area contributed by atoms with Crippen LogP contribution in [0.15, 0.2) is 18.2 Å². The van der Waals surface area contributed by atoms with Crippen molar-refractivity contribution in [2.45, 2.75) is 20.3 Å². The Balaban J connectivity index is 2.60. The molecule has 2 nitrogen and oxygen atoms in total. The maximum Gasteiger partial charge on any atom is 0.0410 e. The predicted octanol–water partition coefficient (Wildman–Crippen LogP) is 2.81. The van der Waals surface area contributed by atoms with Gasteiger partial charge in [-0.1, -0.05) is 25.4 Å². The molecule has 1 aromatic carbocycles. The molecule has 0 aromatic heterocycles. The molecule has 2 N–H and O–H groups in total. The summed E-state index contributed by atoms with van der Waals surface area (Å²) >= 11 is 5.93. The van der Waals surface area contributed by atoms with Crippen LogP contribution in [0.5, 0.6) is 0 Å². The minimum Gasteiger partial charge on any atom is -0.399 e. The molecule has 0 aliphatic carbocycles. The molecule has 0 amide bonds. The number of likely N-dealkylation sites (N-methyl/N-ethyl adjacent to an activating group) is 1. The molecule has 0 saturated heterocycles. The Morgan fingerprint density at radius 2 is 1.93 bits per heavy atom. The van der Waals surface area contributed by atoms with Gasteiger partial charge in [0.1, 0.15) is 0 Å². The van der Waals surface area contributed by atoms with Gasteiger partial charge in [0.05, 0.1) is 0 Å². The number of benzene rings is 1. The lowest BCUT2D eigenvalue weighted by Crippen LogP contribution is -2.25. The molecule has 0 bridgehead atoms. The summed E-state index contributed by atoms with van der Waals surface area (Å²) in [5.74, 6) is 0. The highest BCUT2D eigenvalue weighted by Gasteiger charge is 2.03. The van der Waals surface area contributed by atoms with Crippen LogP contribution in [-0.2, 0) is 6.42 Å². The van der Waals surface area contributed by atoms with Crippen LogP contribution in [0, 0.1) is 0 Å². The van der Waals surface area contributed by atoms with Gasteiger partial charge in [-0.2, -0.15) is 0 Å². The Morgan fingerprint density at radius 3 is 2.53 bits per heavy atom. The molecule has 1 aromatic rings. The summed E-state index contributed by atoms with van der Waals surface area (Å²) in [7, 11) is 0. The molecule has 0 unspecified atom stereocenters. The maximum atomic E-state index is 5.93. The number of nitrogens with zero attached hydrogens (tertiary/aromatic N) is 1. The van der Waals surface area contributed by atoms with Crippen molar-refractivity contribution in [3.05, 3.63) is 28.8 Å². The van der Waals surface area contributed by atoms with E-state index in [4.69, 9.17) is 17.3 Å². The summed E-state index contributed by atoms with van der Waals surface area (Å²) in [5.41, 5.74) is 7.87. The number of hydrogen-bond acceptors (Lipinski definition) is 2. The van der Waals surface area contributed by atoms with E-state index >= 15 is 0 Å². The Bertz CT molecular complexity index is 308. The van der Waals surface area contributed by atoms with Gasteiger partial charge in [0, 0.05) is 17.3 Å². The van der Waals surface area contributed by atoms with E-state index in [0.29, 0.717) is 0 Å². The zero-order valence-electron chi connectivity index (χ0n) is 9.46. The Labute approximate surface area is 97.0 Å². The Morgan fingerprint density at radius 1 is 1.27 bits per heavy atom. The summed E-state index contributed by atoms with van der Waals surface area (Å²) in [4.78, 5) is 2.38. The van der Waals surface area contributed by atoms with Crippen molar-refractivity contribution in [1.29, 1.82) is 0 Å². The topological polar surface area (TPSA) is 29.3 Å². The van der Waals surface area contributed by atoms with E-state index in [1.807, 2.05) is 18.2 Å². The molecule has 0 heterocycles. The standard InChI is InChI=1S/C12H19ClN2/c1-3-15(4-2)8-7-10-9-11(13)5-6-12(10)14/h5-6,9H,3-4,7-8,14H2,1-2H3. The first-order chi connectivity index (χ1) is 7.17. The highest BCUT2D eigenvalue weighted by Crippen LogP contribution is 2.18. The molecule has 1 rings (SSSR count). The lowest BCUT2D eigenvalue weighted by molar-refractivity contribution is 0.308. The van der Waals surface area contributed by atoms with E-state index in [9.17, 15) is 0 Å². The highest BCUT2D eigenvalue weighted by atomic mass is 35.5. The minimum atomic E-state index is 0.763. The zero-order chi connectivity index (χ0) is 11.3. The average Bonchev–Trinajstić information content (AvgIpc) is 2.24. The Kier molecular flexibility index (Phi) is 4.92. The molecule has 0 radical (unpaired) electrons. The summed E-state index contributed by atoms with van der Waals surface area (Å²) in [6, 6.07) is 5.66. The van der Waals surface area contributed by atoms with Crippen LogP contribution in [-0.4, -0.2) is 24.5 Å². The summed E-state index contributed by atoms with van der Waals surface area (Å²) in [6.07, 6.45) is 0.966. The fraction of sp³-hybridized carbons (Fsp3) is 0.500. The molecular weight excluding hydrogens is 208 g/mol. The third kappa shape index (κ3) is 3.73. The second-order valence-electron chi connectivity index (χ2n) is 3.62. The average molecular weight is 227 g/mol. The SMILES string of the molecule is CCN(CC)CCc1cc(Cl)ccc1N. The Hall–Kier alpha value is -0.730. The van der Waals surface area contributed by atoms with Gasteiger partial charge in [0.2, 0.25) is 0 Å². The predicted molar refractivity (Wildman–Crippen MR) is 67.4 cm³/mol. The lowest BCUT2D eigenvalue weighted by atomic mass is 10.1. The van der Waals surface area contributed by atoms with Crippen molar-refractivity contribution in [2.75, 3.05) is 25.4 Å². The van der Waals surface area contributed by atoms with E-state index in [1.165, 1.54) is 0 Å². The monoisotopic (exact) mass is 226 g/mol. The first kappa shape index (κ1) is 12.3. The minimum absolute atomic E-state index is 0.763. The molecule has 0 fully saturated rings. The molecule has 0 aliphatic rings. The largest absolute Gasteiger partial charge is 0.399 e. The number of anilines is 1. The quantitative estimate of drug-likeness (QED) is 0.783. The fourth-order valence-corrected chi connectivity index (χ4v) is 1.80. The van der Waals surface area contributed by atoms with Crippen LogP contribution in [0.3, 0.4) is 0 Å². The molecule has 0 saturated carbocycles. The van der Waals surface area contributed by atoms with Crippen molar-refractivity contribution >= 4 is 17.3 Å². The third-order valence-electron chi connectivity index (χ3n) is 2.70. The fourth-order valence-electron chi connectivity index (χ4n) is 1.61. The van der Waals surface area contributed by atoms with Gasteiger partial charge in [-0.05, 0) is 43.3 Å². The van der Waals surface area contributed by atoms with Crippen molar-refractivity contribution < 1.29 is 0 Å². The van der Waals surface area contributed by atoms with Crippen molar-refractivity contribution in [3.63, 3.8) is 0 Å². The van der Waals surface area contributed by atoms with Gasteiger partial charge < -0.3 is 10.6 Å². The lowest BCUT2D eigenvalue weighted by Gasteiger charge is -2.18. The number of halogens is 1. The first-order valence-corrected chi connectivity index (χ1v) is 5.81. The van der Waals surface area contributed by atoms with E-state index in [2.05, 4.69) is 18.7 Å². The summed E-state index contributed by atoms with van der Waals surface area (Å²) in [5, 5.41) is 0.763. The molecule has 3 heteroatoms. The highest BCUT2D eigenvalue weighted by molar-refractivity contribution is 6.30. The third-order valence-corrected chi connectivity index (χ3v) is 2.93. The van der Waals surface area contributed by atoms with E-state index in [-0.39, 0.29) is 0 Å². The second-order valence-corrected chi connectivity index (χ2v) is 4.06. The van der Waals surface area contributed by atoms with Crippen LogP contribution in [0.1, 0.15) is 19.4 Å². The van der Waals surface area contributed by atoms with Gasteiger partial charge in [-0.25, -0.2) is 0 Å². The molecular formula is C12H19ClN2. The van der Waals surface area contributed by atoms with Crippen LogP contribution in [0.2, 0.25) is 5.02 Å². The molecule has 15 heavy (non-hydrogen) atoms. The van der Waals surface area contributed by atoms with Crippen LogP contribution >= 0.6 is 11.6 Å². The van der Waals surface area contributed by atoms with Crippen molar-refractivity contribution in [2.24, 2.45) is 0 Å². The van der Waals surface area contributed by atoms with Gasteiger partial charge in [-0.15, -0.1) is 0 Å². The van der Waals surface area contributed by atoms with Crippen LogP contribution in [0.4, 0.5) is 5.69 Å². The number of nitrogen functional groups attached to an aromatic ring is 1. The first-order valence-electron chi connectivity index (χ1n) is 5.43. The maximum absolute atomic E-state index is 5.93. The van der Waals surface area contributed by atoms with Gasteiger partial charge in [0.15, 0.2) is 0 Å². The van der Waals surface area contributed by atoms with Gasteiger partial charge in [-0.3, -0.25) is 0 Å². The summed E-state index contributed by atoms with van der Waals surface area (Å²) < 4.78 is 0. The smallest absolute Gasteiger partial charge is 0.0410 e. The summed E-state index contributed by atoms with van der Waals surface area (Å²) in [6.45, 7) is 7.54. The van der Waals surface area contributed by atoms with Crippen molar-refractivity contribution in [3.8, 4) is 0 Å². The number of nitrogens with two attached hydrogens (primary N) is 1. The van der Waals surface area contributed by atoms with E-state index < -0.39 is 0 Å². The van der Waals surface area contributed by atoms with Crippen LogP contribution in [0.25, 0.3) is 0 Å². The van der Waals surface area contributed by atoms with Gasteiger partial charge in [0.25, 0.3) is 0 Å². The molecule has 0 atom stereocenters. The number of hydrogen-bond donors (Lipinski definition) is 1. The second kappa shape index (κ2) is 5.99. The zero-order valence-corrected chi connectivity index (χ0v) is 10.2. The molecule has 84 valence electrons. The normalized spacial score (nSPS) is 10.9. The van der Waals surface area contributed by atoms with Gasteiger partial charge >= 0.3 is 0 Å².